The van der Waals surface area contributed by atoms with Gasteiger partial charge in [0.1, 0.15) is 18.3 Å². The van der Waals surface area contributed by atoms with E-state index in [0.717, 1.165) is 12.7 Å². The number of rotatable bonds is 10. The van der Waals surface area contributed by atoms with Crippen molar-refractivity contribution in [2.24, 2.45) is 0 Å². The molecule has 1 fully saturated rings. The first-order valence-electron chi connectivity index (χ1n) is 9.74. The zero-order chi connectivity index (χ0) is 22.4. The molecule has 1 aromatic rings. The van der Waals surface area contributed by atoms with E-state index in [9.17, 15) is 19.8 Å². The second kappa shape index (κ2) is 10.3. The van der Waals surface area contributed by atoms with Crippen LogP contribution < -0.4 is 0 Å². The Morgan fingerprint density at radius 1 is 1.23 bits per heavy atom. The lowest BCUT2D eigenvalue weighted by atomic mass is 9.87. The van der Waals surface area contributed by atoms with Gasteiger partial charge in [-0.2, -0.15) is 0 Å². The van der Waals surface area contributed by atoms with Crippen LogP contribution in [0.15, 0.2) is 30.3 Å². The van der Waals surface area contributed by atoms with E-state index in [1.165, 1.54) is 0 Å². The maximum absolute atomic E-state index is 12.4. The fraction of sp³-hybridized carbons (Fsp3) is 0.619. The first-order chi connectivity index (χ1) is 14.1. The summed E-state index contributed by atoms with van der Waals surface area (Å²) in [5.74, 6) is -3.15. The maximum atomic E-state index is 12.4. The summed E-state index contributed by atoms with van der Waals surface area (Å²) in [6, 6.07) is 9.46. The standard InChI is InChI=1S/C21H30O9/c1-5-28-19(24)21(25,11-16(22)26-4)18(23)17-15(29-20(2,3)30-17)13-27-12-14-9-7-6-8-10-14/h6-10,15,17-18,23,25H,5,11-13H2,1-4H3/t15-,17+,18?,21?/m0/s1. The summed E-state index contributed by atoms with van der Waals surface area (Å²) in [7, 11) is 1.11. The highest BCUT2D eigenvalue weighted by Gasteiger charge is 2.56. The van der Waals surface area contributed by atoms with E-state index >= 15 is 0 Å². The van der Waals surface area contributed by atoms with Crippen LogP contribution in [0.4, 0.5) is 0 Å². The highest BCUT2D eigenvalue weighted by Crippen LogP contribution is 2.35. The van der Waals surface area contributed by atoms with Gasteiger partial charge in [-0.1, -0.05) is 30.3 Å². The molecule has 2 N–H and O–H groups in total. The molecule has 2 rings (SSSR count). The Morgan fingerprint density at radius 3 is 2.50 bits per heavy atom. The third-order valence-electron chi connectivity index (χ3n) is 4.69. The number of carbonyl (C=O) groups excluding carboxylic acids is 2. The van der Waals surface area contributed by atoms with Crippen molar-refractivity contribution >= 4 is 11.9 Å². The molecule has 1 aliphatic rings. The highest BCUT2D eigenvalue weighted by atomic mass is 16.8. The van der Waals surface area contributed by atoms with Crippen molar-refractivity contribution in [3.05, 3.63) is 35.9 Å². The van der Waals surface area contributed by atoms with Crippen LogP contribution in [0.25, 0.3) is 0 Å². The summed E-state index contributed by atoms with van der Waals surface area (Å²) in [5.41, 5.74) is -1.63. The molecule has 9 heteroatoms. The third-order valence-corrected chi connectivity index (χ3v) is 4.69. The number of ether oxygens (including phenoxy) is 5. The Labute approximate surface area is 175 Å². The van der Waals surface area contributed by atoms with Crippen molar-refractivity contribution in [2.45, 2.75) is 63.5 Å². The molecule has 30 heavy (non-hydrogen) atoms. The van der Waals surface area contributed by atoms with Crippen LogP contribution in [0.3, 0.4) is 0 Å². The minimum atomic E-state index is -2.57. The van der Waals surface area contributed by atoms with E-state index in [1.54, 1.807) is 20.8 Å². The molecule has 0 aromatic heterocycles. The van der Waals surface area contributed by atoms with Crippen LogP contribution in [0.2, 0.25) is 0 Å². The number of carbonyl (C=O) groups is 2. The monoisotopic (exact) mass is 426 g/mol. The zero-order valence-electron chi connectivity index (χ0n) is 17.7. The van der Waals surface area contributed by atoms with Crippen LogP contribution >= 0.6 is 0 Å². The van der Waals surface area contributed by atoms with Crippen LogP contribution in [-0.2, 0) is 39.9 Å². The summed E-state index contributed by atoms with van der Waals surface area (Å²) in [4.78, 5) is 24.2. The van der Waals surface area contributed by atoms with Gasteiger partial charge in [0.2, 0.25) is 5.60 Å². The van der Waals surface area contributed by atoms with Gasteiger partial charge in [0.05, 0.1) is 33.4 Å². The molecule has 4 atom stereocenters. The van der Waals surface area contributed by atoms with Crippen molar-refractivity contribution < 1.29 is 43.5 Å². The molecule has 1 aromatic carbocycles. The fourth-order valence-corrected chi connectivity index (χ4v) is 3.24. The molecule has 0 aliphatic carbocycles. The predicted octanol–water partition coefficient (Wildman–Crippen LogP) is 0.942. The van der Waals surface area contributed by atoms with Gasteiger partial charge in [-0.05, 0) is 26.3 Å². The molecule has 0 saturated carbocycles. The van der Waals surface area contributed by atoms with E-state index in [0.29, 0.717) is 6.61 Å². The summed E-state index contributed by atoms with van der Waals surface area (Å²) in [5, 5.41) is 21.8. The van der Waals surface area contributed by atoms with Gasteiger partial charge in [0.15, 0.2) is 5.79 Å². The number of esters is 2. The second-order valence-corrected chi connectivity index (χ2v) is 7.48. The van der Waals surface area contributed by atoms with Crippen molar-refractivity contribution in [1.29, 1.82) is 0 Å². The van der Waals surface area contributed by atoms with Gasteiger partial charge >= 0.3 is 11.9 Å². The van der Waals surface area contributed by atoms with Crippen LogP contribution in [0.5, 0.6) is 0 Å². The minimum absolute atomic E-state index is 0.0250. The number of benzene rings is 1. The minimum Gasteiger partial charge on any atom is -0.469 e. The normalized spacial score (nSPS) is 23.4. The summed E-state index contributed by atoms with van der Waals surface area (Å²) < 4.78 is 26.7. The quantitative estimate of drug-likeness (QED) is 0.527. The summed E-state index contributed by atoms with van der Waals surface area (Å²) >= 11 is 0. The molecule has 0 bridgehead atoms. The highest BCUT2D eigenvalue weighted by molar-refractivity contribution is 5.86. The number of hydrogen-bond donors (Lipinski definition) is 2. The maximum Gasteiger partial charge on any atom is 0.341 e. The number of methoxy groups -OCH3 is 1. The fourth-order valence-electron chi connectivity index (χ4n) is 3.24. The zero-order valence-corrected chi connectivity index (χ0v) is 17.7. The van der Waals surface area contributed by atoms with E-state index < -0.39 is 48.1 Å². The average Bonchev–Trinajstić information content (AvgIpc) is 3.02. The van der Waals surface area contributed by atoms with Gasteiger partial charge in [0.25, 0.3) is 0 Å². The smallest absolute Gasteiger partial charge is 0.341 e. The average molecular weight is 426 g/mol. The van der Waals surface area contributed by atoms with Gasteiger partial charge < -0.3 is 33.9 Å². The molecule has 0 spiro atoms. The Hall–Kier alpha value is -2.04. The van der Waals surface area contributed by atoms with Crippen molar-refractivity contribution in [3.63, 3.8) is 0 Å². The Kier molecular flexibility index (Phi) is 8.34. The van der Waals surface area contributed by atoms with Crippen LogP contribution in [0, 0.1) is 0 Å². The van der Waals surface area contributed by atoms with E-state index in [4.69, 9.17) is 18.9 Å². The van der Waals surface area contributed by atoms with Crippen molar-refractivity contribution in [3.8, 4) is 0 Å². The predicted molar refractivity (Wildman–Crippen MR) is 104 cm³/mol. The molecular weight excluding hydrogens is 396 g/mol. The molecule has 1 aliphatic heterocycles. The lowest BCUT2D eigenvalue weighted by molar-refractivity contribution is -0.203. The van der Waals surface area contributed by atoms with Gasteiger partial charge in [-0.15, -0.1) is 0 Å². The third kappa shape index (κ3) is 5.99. The number of hydrogen-bond acceptors (Lipinski definition) is 9. The Morgan fingerprint density at radius 2 is 1.90 bits per heavy atom. The first kappa shape index (κ1) is 24.2. The lowest BCUT2D eigenvalue weighted by Crippen LogP contribution is -2.59. The molecule has 0 amide bonds. The van der Waals surface area contributed by atoms with Crippen LogP contribution in [-0.4, -0.2) is 72.2 Å². The lowest BCUT2D eigenvalue weighted by Gasteiger charge is -2.34. The van der Waals surface area contributed by atoms with E-state index in [1.807, 2.05) is 30.3 Å². The Balaban J connectivity index is 2.17. The SMILES string of the molecule is CCOC(=O)C(O)(CC(=O)OC)C(O)[C@@H]1OC(C)(C)O[C@H]1COCc1ccccc1. The Bertz CT molecular complexity index is 706. The summed E-state index contributed by atoms with van der Waals surface area (Å²) in [6.45, 7) is 5.08. The van der Waals surface area contributed by atoms with E-state index in [2.05, 4.69) is 4.74 Å². The summed E-state index contributed by atoms with van der Waals surface area (Å²) in [6.07, 6.45) is -4.60. The molecule has 168 valence electrons. The molecule has 9 nitrogen and oxygen atoms in total. The number of aliphatic hydroxyl groups excluding tert-OH is 1. The topological polar surface area (TPSA) is 121 Å². The van der Waals surface area contributed by atoms with Gasteiger partial charge in [-0.3, -0.25) is 4.79 Å². The first-order valence-corrected chi connectivity index (χ1v) is 9.74. The molecular formula is C21H30O9. The molecule has 1 saturated heterocycles. The largest absolute Gasteiger partial charge is 0.469 e. The van der Waals surface area contributed by atoms with Gasteiger partial charge in [0, 0.05) is 0 Å². The molecule has 0 radical (unpaired) electrons. The molecule has 2 unspecified atom stereocenters. The van der Waals surface area contributed by atoms with Gasteiger partial charge in [-0.25, -0.2) is 4.79 Å². The second-order valence-electron chi connectivity index (χ2n) is 7.48. The molecule has 1 heterocycles. The number of aliphatic hydroxyl groups is 2. The van der Waals surface area contributed by atoms with E-state index in [-0.39, 0.29) is 13.2 Å². The van der Waals surface area contributed by atoms with Crippen LogP contribution in [0.1, 0.15) is 32.8 Å². The van der Waals surface area contributed by atoms with Crippen molar-refractivity contribution in [2.75, 3.05) is 20.3 Å². The van der Waals surface area contributed by atoms with Crippen molar-refractivity contribution in [1.82, 2.24) is 0 Å².